The van der Waals surface area contributed by atoms with Crippen molar-refractivity contribution in [3.05, 3.63) is 38.8 Å². The molecule has 1 aromatic heterocycles. The molecule has 0 unspecified atom stereocenters. The molecule has 0 fully saturated rings. The second-order valence-corrected chi connectivity index (χ2v) is 5.26. The van der Waals surface area contributed by atoms with Crippen molar-refractivity contribution in [2.45, 2.75) is 6.92 Å². The number of aromatic nitrogens is 2. The minimum absolute atomic E-state index is 0.0804. The van der Waals surface area contributed by atoms with Crippen molar-refractivity contribution in [3.8, 4) is 5.75 Å². The van der Waals surface area contributed by atoms with Crippen molar-refractivity contribution in [1.82, 2.24) is 15.0 Å². The topological polar surface area (TPSA) is 87.5 Å². The van der Waals surface area contributed by atoms with E-state index in [0.717, 1.165) is 16.0 Å². The normalized spacial score (nSPS) is 10.8. The summed E-state index contributed by atoms with van der Waals surface area (Å²) >= 11 is 4.29. The van der Waals surface area contributed by atoms with E-state index < -0.39 is 0 Å². The summed E-state index contributed by atoms with van der Waals surface area (Å²) in [6, 6.07) is 4.92. The SMILES string of the molecule is Cc1nnsc1C(=O)N/N=C/c1cc(Br)ccc1O. The first-order valence-corrected chi connectivity index (χ1v) is 6.75. The number of aryl methyl sites for hydroxylation is 1. The summed E-state index contributed by atoms with van der Waals surface area (Å²) in [6.07, 6.45) is 1.36. The average molecular weight is 341 g/mol. The standard InChI is InChI=1S/C11H9BrN4O2S/c1-6-10(19-16-14-6)11(18)15-13-5-7-4-8(12)2-3-9(7)17/h2-5,17H,1H3,(H,15,18)/b13-5+. The van der Waals surface area contributed by atoms with Crippen LogP contribution in [0.2, 0.25) is 0 Å². The van der Waals surface area contributed by atoms with Gasteiger partial charge in [0.1, 0.15) is 10.6 Å². The minimum Gasteiger partial charge on any atom is -0.507 e. The van der Waals surface area contributed by atoms with Crippen LogP contribution < -0.4 is 5.43 Å². The fraction of sp³-hybridized carbons (Fsp3) is 0.0909. The van der Waals surface area contributed by atoms with Crippen molar-refractivity contribution in [1.29, 1.82) is 0 Å². The van der Waals surface area contributed by atoms with E-state index in [0.29, 0.717) is 16.1 Å². The van der Waals surface area contributed by atoms with Crippen molar-refractivity contribution in [3.63, 3.8) is 0 Å². The highest BCUT2D eigenvalue weighted by atomic mass is 79.9. The van der Waals surface area contributed by atoms with Crippen LogP contribution in [0.1, 0.15) is 20.9 Å². The van der Waals surface area contributed by atoms with Gasteiger partial charge in [-0.3, -0.25) is 4.79 Å². The fourth-order valence-corrected chi connectivity index (χ4v) is 2.20. The lowest BCUT2D eigenvalue weighted by Gasteiger charge is -1.99. The smallest absolute Gasteiger partial charge is 0.285 e. The van der Waals surface area contributed by atoms with Gasteiger partial charge in [0.05, 0.1) is 11.9 Å². The summed E-state index contributed by atoms with van der Waals surface area (Å²) in [4.78, 5) is 12.1. The van der Waals surface area contributed by atoms with Gasteiger partial charge in [0.25, 0.3) is 5.91 Å². The monoisotopic (exact) mass is 340 g/mol. The van der Waals surface area contributed by atoms with Crippen LogP contribution >= 0.6 is 27.5 Å². The Morgan fingerprint density at radius 1 is 1.58 bits per heavy atom. The molecule has 0 radical (unpaired) electrons. The number of rotatable bonds is 3. The maximum atomic E-state index is 11.7. The molecule has 6 nitrogen and oxygen atoms in total. The highest BCUT2D eigenvalue weighted by Gasteiger charge is 2.11. The third-order valence-electron chi connectivity index (χ3n) is 2.22. The van der Waals surface area contributed by atoms with Gasteiger partial charge in [-0.25, -0.2) is 5.43 Å². The molecule has 19 heavy (non-hydrogen) atoms. The largest absolute Gasteiger partial charge is 0.507 e. The number of carbonyl (C=O) groups excluding carboxylic acids is 1. The molecule has 2 rings (SSSR count). The van der Waals surface area contributed by atoms with E-state index in [1.54, 1.807) is 19.1 Å². The molecule has 0 aliphatic heterocycles. The maximum Gasteiger partial charge on any atom is 0.285 e. The number of benzene rings is 1. The minimum atomic E-state index is -0.377. The Kier molecular flexibility index (Phi) is 4.23. The maximum absolute atomic E-state index is 11.7. The molecule has 98 valence electrons. The van der Waals surface area contributed by atoms with Crippen molar-refractivity contribution in [2.24, 2.45) is 5.10 Å². The molecule has 0 bridgehead atoms. The van der Waals surface area contributed by atoms with E-state index in [2.05, 4.69) is 36.0 Å². The van der Waals surface area contributed by atoms with Crippen LogP contribution in [0, 0.1) is 6.92 Å². The molecule has 1 heterocycles. The summed E-state index contributed by atoms with van der Waals surface area (Å²) in [5.74, 6) is -0.296. The number of nitrogens with zero attached hydrogens (tertiary/aromatic N) is 3. The molecule has 1 amide bonds. The molecule has 0 spiro atoms. The third kappa shape index (κ3) is 3.36. The van der Waals surface area contributed by atoms with Crippen LogP contribution in [-0.2, 0) is 0 Å². The van der Waals surface area contributed by atoms with Gasteiger partial charge in [-0.05, 0) is 36.7 Å². The van der Waals surface area contributed by atoms with Gasteiger partial charge in [0.15, 0.2) is 0 Å². The number of amides is 1. The van der Waals surface area contributed by atoms with Gasteiger partial charge in [0.2, 0.25) is 0 Å². The molecule has 0 saturated carbocycles. The molecular weight excluding hydrogens is 332 g/mol. The number of nitrogens with one attached hydrogen (secondary N) is 1. The number of phenolic OH excluding ortho intramolecular Hbond substituents is 1. The lowest BCUT2D eigenvalue weighted by atomic mass is 10.2. The quantitative estimate of drug-likeness (QED) is 0.661. The molecule has 1 aromatic carbocycles. The van der Waals surface area contributed by atoms with E-state index in [9.17, 15) is 9.90 Å². The van der Waals surface area contributed by atoms with Crippen LogP contribution in [0.3, 0.4) is 0 Å². The number of hydrazone groups is 1. The van der Waals surface area contributed by atoms with Gasteiger partial charge >= 0.3 is 0 Å². The first kappa shape index (κ1) is 13.6. The molecule has 0 aliphatic carbocycles. The van der Waals surface area contributed by atoms with E-state index in [1.807, 2.05) is 0 Å². The van der Waals surface area contributed by atoms with E-state index in [4.69, 9.17) is 0 Å². The number of hydrogen-bond donors (Lipinski definition) is 2. The average Bonchev–Trinajstić information content (AvgIpc) is 2.80. The number of phenols is 1. The number of hydrogen-bond acceptors (Lipinski definition) is 6. The van der Waals surface area contributed by atoms with Gasteiger partial charge < -0.3 is 5.11 Å². The first-order valence-electron chi connectivity index (χ1n) is 5.19. The molecular formula is C11H9BrN4O2S. The zero-order valence-corrected chi connectivity index (χ0v) is 12.2. The fourth-order valence-electron chi connectivity index (χ4n) is 1.28. The van der Waals surface area contributed by atoms with Gasteiger partial charge in [-0.1, -0.05) is 20.4 Å². The predicted octanol–water partition coefficient (Wildman–Crippen LogP) is 2.08. The number of halogens is 1. The Hall–Kier alpha value is -1.80. The van der Waals surface area contributed by atoms with Crippen molar-refractivity contribution >= 4 is 39.6 Å². The second-order valence-electron chi connectivity index (χ2n) is 3.59. The van der Waals surface area contributed by atoms with E-state index >= 15 is 0 Å². The highest BCUT2D eigenvalue weighted by Crippen LogP contribution is 2.19. The van der Waals surface area contributed by atoms with Gasteiger partial charge in [0, 0.05) is 10.0 Å². The summed E-state index contributed by atoms with van der Waals surface area (Å²) in [7, 11) is 0. The summed E-state index contributed by atoms with van der Waals surface area (Å²) in [5.41, 5.74) is 3.41. The third-order valence-corrected chi connectivity index (χ3v) is 3.54. The van der Waals surface area contributed by atoms with Crippen LogP contribution in [0.15, 0.2) is 27.8 Å². The molecule has 0 atom stereocenters. The highest BCUT2D eigenvalue weighted by molar-refractivity contribution is 9.10. The van der Waals surface area contributed by atoms with Crippen molar-refractivity contribution < 1.29 is 9.90 Å². The Morgan fingerprint density at radius 2 is 2.37 bits per heavy atom. The van der Waals surface area contributed by atoms with Crippen LogP contribution in [0.4, 0.5) is 0 Å². The van der Waals surface area contributed by atoms with Crippen LogP contribution in [0.25, 0.3) is 0 Å². The zero-order valence-electron chi connectivity index (χ0n) is 9.79. The summed E-state index contributed by atoms with van der Waals surface area (Å²) in [5, 5.41) is 17.1. The van der Waals surface area contributed by atoms with Gasteiger partial charge in [-0.15, -0.1) is 5.10 Å². The zero-order chi connectivity index (χ0) is 13.8. The molecule has 2 aromatic rings. The summed E-state index contributed by atoms with van der Waals surface area (Å²) in [6.45, 7) is 1.70. The first-order chi connectivity index (χ1) is 9.08. The number of aromatic hydroxyl groups is 1. The van der Waals surface area contributed by atoms with E-state index in [-0.39, 0.29) is 11.7 Å². The Labute approximate surface area is 121 Å². The lowest BCUT2D eigenvalue weighted by molar-refractivity contribution is 0.0958. The molecule has 8 heteroatoms. The summed E-state index contributed by atoms with van der Waals surface area (Å²) < 4.78 is 4.47. The van der Waals surface area contributed by atoms with Crippen LogP contribution in [0.5, 0.6) is 5.75 Å². The lowest BCUT2D eigenvalue weighted by Crippen LogP contribution is -2.17. The second kappa shape index (κ2) is 5.89. The van der Waals surface area contributed by atoms with Crippen LogP contribution in [-0.4, -0.2) is 26.8 Å². The molecule has 0 saturated heterocycles. The van der Waals surface area contributed by atoms with Gasteiger partial charge in [-0.2, -0.15) is 5.10 Å². The predicted molar refractivity (Wildman–Crippen MR) is 75.5 cm³/mol. The Bertz CT molecular complexity index is 641. The Morgan fingerprint density at radius 3 is 3.05 bits per heavy atom. The molecule has 0 aliphatic rings. The number of carbonyl (C=O) groups is 1. The van der Waals surface area contributed by atoms with E-state index in [1.165, 1.54) is 12.3 Å². The van der Waals surface area contributed by atoms with Crippen molar-refractivity contribution in [2.75, 3.05) is 0 Å². The Balaban J connectivity index is 2.06. The molecule has 2 N–H and O–H groups in total.